The van der Waals surface area contributed by atoms with Gasteiger partial charge in [-0.15, -0.1) is 0 Å². The van der Waals surface area contributed by atoms with E-state index >= 15 is 0 Å². The topological polar surface area (TPSA) is 97.3 Å². The van der Waals surface area contributed by atoms with Crippen molar-refractivity contribution >= 4 is 11.7 Å². The van der Waals surface area contributed by atoms with Crippen molar-refractivity contribution in [3.63, 3.8) is 0 Å². The number of aromatic nitrogens is 2. The molecule has 0 unspecified atom stereocenters. The zero-order valence-corrected chi connectivity index (χ0v) is 20.4. The average molecular weight is 492 g/mol. The van der Waals surface area contributed by atoms with Crippen LogP contribution in [0.25, 0.3) is 5.69 Å². The summed E-state index contributed by atoms with van der Waals surface area (Å²) in [4.78, 5) is 30.4. The lowest BCUT2D eigenvalue weighted by molar-refractivity contribution is 0.0947. The molecule has 2 aromatic carbocycles. The SMILES string of the molecule is CNCCOc1ccccc1C1(Nc2nccn(-c3cc(C(=O)NC4CC4)c(F)cc3C)c2=O)CC1. The smallest absolute Gasteiger partial charge is 0.297 e. The molecule has 2 saturated carbocycles. The number of halogens is 1. The van der Waals surface area contributed by atoms with E-state index in [1.54, 1.807) is 6.92 Å². The lowest BCUT2D eigenvalue weighted by Crippen LogP contribution is -2.30. The second-order valence-electron chi connectivity index (χ2n) is 9.47. The Labute approximate surface area is 208 Å². The Morgan fingerprint density at radius 1 is 1.25 bits per heavy atom. The Kier molecular flexibility index (Phi) is 6.49. The highest BCUT2D eigenvalue weighted by Crippen LogP contribution is 2.50. The zero-order chi connectivity index (χ0) is 25.3. The molecule has 5 rings (SSSR count). The van der Waals surface area contributed by atoms with Gasteiger partial charge in [-0.2, -0.15) is 0 Å². The fourth-order valence-corrected chi connectivity index (χ4v) is 4.34. The standard InChI is InChI=1S/C27H30FN5O3/c1-17-15-21(28)19(25(34)31-18-7-8-18)16-22(17)33-13-11-30-24(26(33)35)32-27(9-10-27)20-5-3-4-6-23(20)36-14-12-29-2/h3-6,11,13,15-16,18,29H,7-10,12,14H2,1-2H3,(H,30,32)(H,31,34). The molecule has 0 saturated heterocycles. The van der Waals surface area contributed by atoms with E-state index in [0.717, 1.165) is 43.5 Å². The number of anilines is 1. The van der Waals surface area contributed by atoms with Gasteiger partial charge in [0, 0.05) is 30.5 Å². The number of amides is 1. The van der Waals surface area contributed by atoms with Crippen molar-refractivity contribution in [1.82, 2.24) is 20.2 Å². The Balaban J connectivity index is 1.45. The molecule has 188 valence electrons. The van der Waals surface area contributed by atoms with E-state index in [4.69, 9.17) is 4.74 Å². The van der Waals surface area contributed by atoms with E-state index < -0.39 is 17.3 Å². The van der Waals surface area contributed by atoms with Crippen molar-refractivity contribution in [3.8, 4) is 11.4 Å². The maximum absolute atomic E-state index is 14.6. The number of ether oxygens (including phenoxy) is 1. The van der Waals surface area contributed by atoms with Crippen molar-refractivity contribution in [3.05, 3.63) is 81.7 Å². The Bertz CT molecular complexity index is 1350. The van der Waals surface area contributed by atoms with Crippen molar-refractivity contribution in [1.29, 1.82) is 0 Å². The molecule has 2 aliphatic rings. The Hall–Kier alpha value is -3.72. The van der Waals surface area contributed by atoms with Gasteiger partial charge in [0.15, 0.2) is 5.82 Å². The summed E-state index contributed by atoms with van der Waals surface area (Å²) in [5, 5.41) is 9.24. The molecule has 1 heterocycles. The molecule has 8 nitrogen and oxygen atoms in total. The summed E-state index contributed by atoms with van der Waals surface area (Å²) in [6.07, 6.45) is 6.52. The third kappa shape index (κ3) is 4.83. The van der Waals surface area contributed by atoms with E-state index in [-0.39, 0.29) is 23.0 Å². The molecule has 0 radical (unpaired) electrons. The molecule has 3 N–H and O–H groups in total. The third-order valence-corrected chi connectivity index (χ3v) is 6.66. The van der Waals surface area contributed by atoms with E-state index in [2.05, 4.69) is 20.9 Å². The van der Waals surface area contributed by atoms with Gasteiger partial charge in [0.2, 0.25) is 0 Å². The zero-order valence-electron chi connectivity index (χ0n) is 20.4. The lowest BCUT2D eigenvalue weighted by atomic mass is 10.0. The number of nitrogens with one attached hydrogen (secondary N) is 3. The average Bonchev–Trinajstić information content (AvgIpc) is 3.79. The number of likely N-dealkylation sites (N-methyl/N-ethyl adjacent to an activating group) is 1. The largest absolute Gasteiger partial charge is 0.492 e. The van der Waals surface area contributed by atoms with E-state index in [9.17, 15) is 14.0 Å². The number of hydrogen-bond acceptors (Lipinski definition) is 6. The molecule has 2 aliphatic carbocycles. The van der Waals surface area contributed by atoms with Crippen LogP contribution in [0.4, 0.5) is 10.2 Å². The van der Waals surface area contributed by atoms with Gasteiger partial charge in [-0.25, -0.2) is 9.37 Å². The van der Waals surface area contributed by atoms with Crippen LogP contribution in [-0.2, 0) is 5.54 Å². The quantitative estimate of drug-likeness (QED) is 0.377. The highest BCUT2D eigenvalue weighted by Gasteiger charge is 2.47. The minimum Gasteiger partial charge on any atom is -0.492 e. The molecule has 2 fully saturated rings. The number of para-hydroxylation sites is 1. The fourth-order valence-electron chi connectivity index (χ4n) is 4.34. The minimum atomic E-state index is -0.610. The van der Waals surface area contributed by atoms with Gasteiger partial charge < -0.3 is 20.7 Å². The monoisotopic (exact) mass is 491 g/mol. The van der Waals surface area contributed by atoms with Crippen LogP contribution in [0.1, 0.15) is 47.2 Å². The molecule has 0 spiro atoms. The molecule has 3 aromatic rings. The number of aryl methyl sites for hydroxylation is 1. The molecule has 36 heavy (non-hydrogen) atoms. The summed E-state index contributed by atoms with van der Waals surface area (Å²) in [5.41, 5.74) is 1.06. The number of rotatable bonds is 10. The van der Waals surface area contributed by atoms with Crippen molar-refractivity contribution in [2.75, 3.05) is 25.5 Å². The van der Waals surface area contributed by atoms with E-state index in [1.807, 2.05) is 31.3 Å². The fraction of sp³-hybridized carbons (Fsp3) is 0.370. The van der Waals surface area contributed by atoms with E-state index in [0.29, 0.717) is 17.9 Å². The predicted octanol–water partition coefficient (Wildman–Crippen LogP) is 3.27. The normalized spacial score (nSPS) is 15.9. The van der Waals surface area contributed by atoms with Gasteiger partial charge in [0.05, 0.1) is 16.8 Å². The van der Waals surface area contributed by atoms with Crippen LogP contribution in [0.15, 0.2) is 53.6 Å². The first-order valence-electron chi connectivity index (χ1n) is 12.3. The summed E-state index contributed by atoms with van der Waals surface area (Å²) in [5.74, 6) is -0.118. The predicted molar refractivity (Wildman–Crippen MR) is 135 cm³/mol. The third-order valence-electron chi connectivity index (χ3n) is 6.66. The summed E-state index contributed by atoms with van der Waals surface area (Å²) in [7, 11) is 1.87. The van der Waals surface area contributed by atoms with Gasteiger partial charge in [0.1, 0.15) is 18.2 Å². The number of carbonyl (C=O) groups excluding carboxylic acids is 1. The van der Waals surface area contributed by atoms with Crippen LogP contribution in [0.2, 0.25) is 0 Å². The molecule has 9 heteroatoms. The molecule has 0 atom stereocenters. The van der Waals surface area contributed by atoms with Crippen LogP contribution in [-0.4, -0.2) is 41.7 Å². The maximum Gasteiger partial charge on any atom is 0.297 e. The lowest BCUT2D eigenvalue weighted by Gasteiger charge is -2.22. The van der Waals surface area contributed by atoms with Gasteiger partial charge in [-0.3, -0.25) is 14.2 Å². The first-order valence-corrected chi connectivity index (χ1v) is 12.3. The van der Waals surface area contributed by atoms with Crippen LogP contribution in [0.5, 0.6) is 5.75 Å². The molecular weight excluding hydrogens is 461 g/mol. The molecular formula is C27H30FN5O3. The molecule has 0 bridgehead atoms. The summed E-state index contributed by atoms with van der Waals surface area (Å²) < 4.78 is 22.0. The molecule has 1 amide bonds. The summed E-state index contributed by atoms with van der Waals surface area (Å²) in [6, 6.07) is 10.6. The van der Waals surface area contributed by atoms with Gasteiger partial charge in [-0.05, 0) is 63.4 Å². The maximum atomic E-state index is 14.6. The summed E-state index contributed by atoms with van der Waals surface area (Å²) in [6.45, 7) is 2.96. The van der Waals surface area contributed by atoms with Gasteiger partial charge >= 0.3 is 0 Å². The first-order chi connectivity index (χ1) is 17.4. The number of benzene rings is 2. The Morgan fingerprint density at radius 3 is 2.75 bits per heavy atom. The highest BCUT2D eigenvalue weighted by atomic mass is 19.1. The van der Waals surface area contributed by atoms with Crippen LogP contribution >= 0.6 is 0 Å². The van der Waals surface area contributed by atoms with Crippen molar-refractivity contribution < 1.29 is 13.9 Å². The van der Waals surface area contributed by atoms with Crippen LogP contribution in [0.3, 0.4) is 0 Å². The van der Waals surface area contributed by atoms with Crippen LogP contribution in [0, 0.1) is 12.7 Å². The van der Waals surface area contributed by atoms with Crippen molar-refractivity contribution in [2.24, 2.45) is 0 Å². The first kappa shape index (κ1) is 24.0. The van der Waals surface area contributed by atoms with Crippen molar-refractivity contribution in [2.45, 2.75) is 44.2 Å². The highest BCUT2D eigenvalue weighted by molar-refractivity contribution is 5.95. The molecule has 0 aliphatic heterocycles. The number of carbonyl (C=O) groups is 1. The minimum absolute atomic E-state index is 0.0768. The second kappa shape index (κ2) is 9.73. The van der Waals surface area contributed by atoms with E-state index in [1.165, 1.54) is 29.1 Å². The Morgan fingerprint density at radius 2 is 2.03 bits per heavy atom. The number of hydrogen-bond donors (Lipinski definition) is 3. The van der Waals surface area contributed by atoms with Gasteiger partial charge in [0.25, 0.3) is 11.5 Å². The number of nitrogens with zero attached hydrogens (tertiary/aromatic N) is 2. The van der Waals surface area contributed by atoms with Gasteiger partial charge in [-0.1, -0.05) is 18.2 Å². The molecule has 1 aromatic heterocycles. The summed E-state index contributed by atoms with van der Waals surface area (Å²) >= 11 is 0. The second-order valence-corrected chi connectivity index (χ2v) is 9.47. The van der Waals surface area contributed by atoms with Crippen LogP contribution < -0.4 is 26.2 Å².